The van der Waals surface area contributed by atoms with Crippen LogP contribution in [0.25, 0.3) is 0 Å². The Morgan fingerprint density at radius 2 is 1.37 bits per heavy atom. The molecule has 1 N–H and O–H groups in total. The van der Waals surface area contributed by atoms with Crippen LogP contribution in [0.5, 0.6) is 0 Å². The molecule has 0 aliphatic heterocycles. The third-order valence-electron chi connectivity index (χ3n) is 2.86. The Morgan fingerprint density at radius 1 is 0.947 bits per heavy atom. The zero-order valence-electron chi connectivity index (χ0n) is 10.3. The quantitative estimate of drug-likeness (QED) is 0.511. The molecule has 1 aromatic carbocycles. The number of ether oxygens (including phenoxy) is 1. The van der Waals surface area contributed by atoms with Crippen LogP contribution in [0.4, 0.5) is 22.0 Å². The summed E-state index contributed by atoms with van der Waals surface area (Å²) in [4.78, 5) is 0. The fraction of sp³-hybridized carbons (Fsp3) is 0.500. The molecule has 0 amide bonds. The van der Waals surface area contributed by atoms with Gasteiger partial charge in [-0.25, -0.2) is 22.0 Å². The second-order valence-electron chi connectivity index (χ2n) is 4.19. The Kier molecular flexibility index (Phi) is 5.25. The van der Waals surface area contributed by atoms with Crippen LogP contribution in [-0.2, 0) is 4.74 Å². The molecule has 0 aliphatic carbocycles. The summed E-state index contributed by atoms with van der Waals surface area (Å²) in [5.74, 6) is -11.1. The van der Waals surface area contributed by atoms with Gasteiger partial charge in [0.1, 0.15) is 0 Å². The lowest BCUT2D eigenvalue weighted by Crippen LogP contribution is -2.17. The van der Waals surface area contributed by atoms with E-state index in [9.17, 15) is 27.1 Å². The van der Waals surface area contributed by atoms with Gasteiger partial charge in [-0.2, -0.15) is 0 Å². The number of aliphatic hydroxyl groups excluding tert-OH is 1. The van der Waals surface area contributed by atoms with Crippen LogP contribution in [-0.4, -0.2) is 18.8 Å². The second kappa shape index (κ2) is 6.29. The molecular weight excluding hydrogens is 271 g/mol. The van der Waals surface area contributed by atoms with Gasteiger partial charge in [0.2, 0.25) is 5.82 Å². The number of halogens is 5. The number of aliphatic hydroxyl groups is 1. The molecular formula is C12H13F5O2. The van der Waals surface area contributed by atoms with Gasteiger partial charge >= 0.3 is 0 Å². The van der Waals surface area contributed by atoms with Crippen molar-refractivity contribution in [1.82, 2.24) is 0 Å². The first-order chi connectivity index (χ1) is 8.82. The van der Waals surface area contributed by atoms with Crippen molar-refractivity contribution in [3.63, 3.8) is 0 Å². The van der Waals surface area contributed by atoms with Gasteiger partial charge in [-0.1, -0.05) is 6.92 Å². The van der Waals surface area contributed by atoms with E-state index in [0.717, 1.165) is 0 Å². The molecule has 0 aliphatic rings. The smallest absolute Gasteiger partial charge is 0.200 e. The molecule has 19 heavy (non-hydrogen) atoms. The maximum Gasteiger partial charge on any atom is 0.200 e. The third-order valence-corrected chi connectivity index (χ3v) is 2.86. The molecule has 0 saturated carbocycles. The van der Waals surface area contributed by atoms with Crippen molar-refractivity contribution in [1.29, 1.82) is 0 Å². The van der Waals surface area contributed by atoms with Gasteiger partial charge in [0.15, 0.2) is 23.3 Å². The van der Waals surface area contributed by atoms with E-state index in [1.807, 2.05) is 0 Å². The number of hydrogen-bond donors (Lipinski definition) is 1. The Labute approximate surface area is 106 Å². The maximum atomic E-state index is 13.4. The Balaban J connectivity index is 3.20. The van der Waals surface area contributed by atoms with Crippen LogP contribution in [0, 0.1) is 35.0 Å². The van der Waals surface area contributed by atoms with Crippen LogP contribution in [0.3, 0.4) is 0 Å². The molecule has 0 saturated heterocycles. The molecule has 7 heteroatoms. The summed E-state index contributed by atoms with van der Waals surface area (Å²) in [6, 6.07) is 0. The molecule has 0 radical (unpaired) electrons. The van der Waals surface area contributed by atoms with E-state index >= 15 is 0 Å². The summed E-state index contributed by atoms with van der Waals surface area (Å²) < 4.78 is 70.4. The molecule has 1 aromatic rings. The summed E-state index contributed by atoms with van der Waals surface area (Å²) in [5, 5.41) is 9.73. The minimum Gasteiger partial charge on any atom is -0.388 e. The van der Waals surface area contributed by atoms with E-state index in [4.69, 9.17) is 4.74 Å². The molecule has 0 heterocycles. The van der Waals surface area contributed by atoms with E-state index in [-0.39, 0.29) is 13.0 Å². The van der Waals surface area contributed by atoms with Crippen molar-refractivity contribution in [2.24, 2.45) is 5.92 Å². The minimum atomic E-state index is -2.24. The fourth-order valence-electron chi connectivity index (χ4n) is 1.63. The fourth-order valence-corrected chi connectivity index (χ4v) is 1.63. The highest BCUT2D eigenvalue weighted by Gasteiger charge is 2.31. The monoisotopic (exact) mass is 284 g/mol. The number of hydrogen-bond acceptors (Lipinski definition) is 2. The predicted molar refractivity (Wildman–Crippen MR) is 56.8 cm³/mol. The summed E-state index contributed by atoms with van der Waals surface area (Å²) in [6.07, 6.45) is -1.60. The van der Waals surface area contributed by atoms with Crippen molar-refractivity contribution >= 4 is 0 Å². The third kappa shape index (κ3) is 3.03. The zero-order chi connectivity index (χ0) is 14.7. The Bertz CT molecular complexity index is 435. The molecule has 2 nitrogen and oxygen atoms in total. The van der Waals surface area contributed by atoms with Crippen LogP contribution >= 0.6 is 0 Å². The highest BCUT2D eigenvalue weighted by atomic mass is 19.2. The predicted octanol–water partition coefficient (Wildman–Crippen LogP) is 3.09. The topological polar surface area (TPSA) is 29.5 Å². The largest absolute Gasteiger partial charge is 0.388 e. The normalized spacial score (nSPS) is 14.5. The molecule has 2 atom stereocenters. The molecule has 1 rings (SSSR count). The first-order valence-corrected chi connectivity index (χ1v) is 5.51. The van der Waals surface area contributed by atoms with E-state index in [0.29, 0.717) is 0 Å². The van der Waals surface area contributed by atoms with E-state index in [1.165, 1.54) is 14.0 Å². The minimum absolute atomic E-state index is 0.188. The SMILES string of the molecule is COCCC(C)C(O)c1c(F)c(F)c(F)c(F)c1F. The number of rotatable bonds is 5. The lowest BCUT2D eigenvalue weighted by Gasteiger charge is -2.20. The molecule has 2 unspecified atom stereocenters. The van der Waals surface area contributed by atoms with Gasteiger partial charge in [-0.05, 0) is 12.3 Å². The van der Waals surface area contributed by atoms with Crippen LogP contribution in [0.15, 0.2) is 0 Å². The second-order valence-corrected chi connectivity index (χ2v) is 4.19. The van der Waals surface area contributed by atoms with Crippen LogP contribution in [0.2, 0.25) is 0 Å². The summed E-state index contributed by atoms with van der Waals surface area (Å²) in [5.41, 5.74) is -1.21. The van der Waals surface area contributed by atoms with E-state index in [1.54, 1.807) is 0 Å². The first kappa shape index (κ1) is 15.8. The standard InChI is InChI=1S/C12H13F5O2/c1-5(3-4-19-2)12(18)6-7(13)9(15)11(17)10(16)8(6)14/h5,12,18H,3-4H2,1-2H3. The lowest BCUT2D eigenvalue weighted by atomic mass is 9.93. The van der Waals surface area contributed by atoms with Crippen molar-refractivity contribution in [3.05, 3.63) is 34.6 Å². The van der Waals surface area contributed by atoms with Gasteiger partial charge in [0.05, 0.1) is 11.7 Å². The highest BCUT2D eigenvalue weighted by Crippen LogP contribution is 2.32. The average Bonchev–Trinajstić information content (AvgIpc) is 2.40. The summed E-state index contributed by atoms with van der Waals surface area (Å²) >= 11 is 0. The van der Waals surface area contributed by atoms with Crippen molar-refractivity contribution < 1.29 is 31.8 Å². The van der Waals surface area contributed by atoms with Crippen molar-refractivity contribution in [3.8, 4) is 0 Å². The number of methoxy groups -OCH3 is 1. The average molecular weight is 284 g/mol. The van der Waals surface area contributed by atoms with Gasteiger partial charge < -0.3 is 9.84 Å². The Hall–Kier alpha value is -1.21. The Morgan fingerprint density at radius 3 is 1.79 bits per heavy atom. The summed E-state index contributed by atoms with van der Waals surface area (Å²) in [6.45, 7) is 1.61. The molecule has 0 spiro atoms. The van der Waals surface area contributed by atoms with Gasteiger partial charge in [-0.15, -0.1) is 0 Å². The number of benzene rings is 1. The molecule has 0 aromatic heterocycles. The van der Waals surface area contributed by atoms with E-state index < -0.39 is 46.7 Å². The maximum absolute atomic E-state index is 13.4. The lowest BCUT2D eigenvalue weighted by molar-refractivity contribution is 0.0809. The van der Waals surface area contributed by atoms with Gasteiger partial charge in [0, 0.05) is 13.7 Å². The molecule has 0 bridgehead atoms. The van der Waals surface area contributed by atoms with Crippen LogP contribution < -0.4 is 0 Å². The van der Waals surface area contributed by atoms with Crippen LogP contribution in [0.1, 0.15) is 25.0 Å². The summed E-state index contributed by atoms with van der Waals surface area (Å²) in [7, 11) is 1.39. The molecule has 108 valence electrons. The van der Waals surface area contributed by atoms with E-state index in [2.05, 4.69) is 0 Å². The van der Waals surface area contributed by atoms with Crippen molar-refractivity contribution in [2.75, 3.05) is 13.7 Å². The van der Waals surface area contributed by atoms with Crippen molar-refractivity contribution in [2.45, 2.75) is 19.4 Å². The van der Waals surface area contributed by atoms with Gasteiger partial charge in [0.25, 0.3) is 0 Å². The molecule has 0 fully saturated rings. The highest BCUT2D eigenvalue weighted by molar-refractivity contribution is 5.26. The first-order valence-electron chi connectivity index (χ1n) is 5.51. The van der Waals surface area contributed by atoms with Gasteiger partial charge in [-0.3, -0.25) is 0 Å². The zero-order valence-corrected chi connectivity index (χ0v) is 10.3.